The lowest BCUT2D eigenvalue weighted by molar-refractivity contribution is -0.140. The van der Waals surface area contributed by atoms with E-state index >= 15 is 0 Å². The molecule has 0 saturated carbocycles. The number of imide groups is 1. The van der Waals surface area contributed by atoms with E-state index in [-0.39, 0.29) is 23.4 Å². The van der Waals surface area contributed by atoms with Gasteiger partial charge >= 0.3 is 6.03 Å². The number of rotatable bonds is 5. The van der Waals surface area contributed by atoms with Crippen LogP contribution in [0.1, 0.15) is 17.4 Å². The first-order valence-corrected chi connectivity index (χ1v) is 11.8. The molecule has 1 aromatic heterocycles. The van der Waals surface area contributed by atoms with Gasteiger partial charge in [-0.15, -0.1) is 23.1 Å². The molecule has 4 unspecified atom stereocenters. The molecule has 4 atom stereocenters. The molecule has 2 aliphatic rings. The molecule has 4 rings (SSSR count). The number of hydrogen-bond acceptors (Lipinski definition) is 8. The van der Waals surface area contributed by atoms with Crippen molar-refractivity contribution in [2.24, 2.45) is 5.92 Å². The van der Waals surface area contributed by atoms with Gasteiger partial charge < -0.3 is 10.2 Å². The lowest BCUT2D eigenvalue weighted by Gasteiger charge is -2.50. The lowest BCUT2D eigenvalue weighted by Crippen LogP contribution is -2.72. The van der Waals surface area contributed by atoms with Crippen LogP contribution < -0.4 is 16.0 Å². The van der Waals surface area contributed by atoms with Crippen LogP contribution in [0.25, 0.3) is 0 Å². The standard InChI is InChI=1S/C20H23FN6O3S2/c1-10-8-32-19(22-10)23-13(28)9-31-17-14-16(26(2)20(30)27(3)18(14)29)24-15(25-17)11-4-6-12(21)7-5-11/h4-8,14-17,24-25H,9H2,1-3H3,(H,22,23,28). The molecule has 0 spiro atoms. The minimum absolute atomic E-state index is 0.0876. The number of amides is 4. The molecule has 3 N–H and O–H groups in total. The molecule has 2 saturated heterocycles. The Morgan fingerprint density at radius 3 is 2.62 bits per heavy atom. The summed E-state index contributed by atoms with van der Waals surface area (Å²) in [7, 11) is 3.07. The highest BCUT2D eigenvalue weighted by atomic mass is 32.2. The molecule has 4 amide bonds. The Hall–Kier alpha value is -2.54. The summed E-state index contributed by atoms with van der Waals surface area (Å²) < 4.78 is 13.4. The maximum absolute atomic E-state index is 13.4. The van der Waals surface area contributed by atoms with Crippen LogP contribution >= 0.6 is 23.1 Å². The number of benzene rings is 1. The van der Waals surface area contributed by atoms with Gasteiger partial charge in [0.15, 0.2) is 5.13 Å². The summed E-state index contributed by atoms with van der Waals surface area (Å²) in [6.45, 7) is 1.85. The van der Waals surface area contributed by atoms with Gasteiger partial charge in [0.05, 0.1) is 35.1 Å². The normalized spacial score (nSPS) is 25.6. The average Bonchev–Trinajstić information content (AvgIpc) is 3.19. The number of fused-ring (bicyclic) bond motifs is 1. The molecular formula is C20H23FN6O3S2. The van der Waals surface area contributed by atoms with Crippen LogP contribution in [0.3, 0.4) is 0 Å². The molecule has 2 fully saturated rings. The number of nitrogens with one attached hydrogen (secondary N) is 3. The zero-order valence-corrected chi connectivity index (χ0v) is 19.3. The lowest BCUT2D eigenvalue weighted by atomic mass is 9.96. The number of nitrogens with zero attached hydrogens (tertiary/aromatic N) is 3. The molecule has 0 aliphatic carbocycles. The fourth-order valence-electron chi connectivity index (χ4n) is 3.78. The summed E-state index contributed by atoms with van der Waals surface area (Å²) in [6.07, 6.45) is -1.02. The van der Waals surface area contributed by atoms with E-state index in [9.17, 15) is 18.8 Å². The SMILES string of the molecule is Cc1csc(NC(=O)CSC2NC(c3ccc(F)cc3)NC3C2C(=O)N(C)C(=O)N3C)n1. The van der Waals surface area contributed by atoms with Crippen LogP contribution in [0.15, 0.2) is 29.6 Å². The molecule has 0 bridgehead atoms. The number of halogens is 1. The number of aromatic nitrogens is 1. The Morgan fingerprint density at radius 2 is 1.97 bits per heavy atom. The highest BCUT2D eigenvalue weighted by Gasteiger charge is 2.51. The third-order valence-corrected chi connectivity index (χ3v) is 7.51. The second-order valence-electron chi connectivity index (χ2n) is 7.65. The molecule has 3 heterocycles. The monoisotopic (exact) mass is 478 g/mol. The Bertz CT molecular complexity index is 1030. The van der Waals surface area contributed by atoms with Crippen molar-refractivity contribution in [2.75, 3.05) is 25.2 Å². The Morgan fingerprint density at radius 1 is 1.25 bits per heavy atom. The molecular weight excluding hydrogens is 455 g/mol. The van der Waals surface area contributed by atoms with Gasteiger partial charge in [0.1, 0.15) is 5.82 Å². The Kier molecular flexibility index (Phi) is 6.47. The smallest absolute Gasteiger partial charge is 0.311 e. The maximum Gasteiger partial charge on any atom is 0.327 e. The van der Waals surface area contributed by atoms with Gasteiger partial charge in [-0.05, 0) is 24.6 Å². The number of aryl methyl sites for hydroxylation is 1. The van der Waals surface area contributed by atoms with Gasteiger partial charge in [-0.3, -0.25) is 25.1 Å². The third kappa shape index (κ3) is 4.49. The molecule has 2 aliphatic heterocycles. The number of urea groups is 1. The van der Waals surface area contributed by atoms with Gasteiger partial charge in [-0.25, -0.2) is 14.2 Å². The molecule has 170 valence electrons. The van der Waals surface area contributed by atoms with Crippen LogP contribution in [0.4, 0.5) is 14.3 Å². The molecule has 1 aromatic carbocycles. The van der Waals surface area contributed by atoms with Crippen LogP contribution in [0.5, 0.6) is 0 Å². The summed E-state index contributed by atoms with van der Waals surface area (Å²) in [6, 6.07) is 5.57. The molecule has 12 heteroatoms. The molecule has 2 aromatic rings. The summed E-state index contributed by atoms with van der Waals surface area (Å²) in [5.74, 6) is -1.45. The van der Waals surface area contributed by atoms with Crippen LogP contribution in [-0.2, 0) is 9.59 Å². The second-order valence-corrected chi connectivity index (χ2v) is 9.64. The van der Waals surface area contributed by atoms with Gasteiger partial charge in [-0.2, -0.15) is 0 Å². The topological polar surface area (TPSA) is 107 Å². The highest BCUT2D eigenvalue weighted by molar-refractivity contribution is 8.00. The largest absolute Gasteiger partial charge is 0.327 e. The van der Waals surface area contributed by atoms with E-state index in [0.29, 0.717) is 5.13 Å². The summed E-state index contributed by atoms with van der Waals surface area (Å²) in [5, 5.41) is 11.3. The van der Waals surface area contributed by atoms with E-state index in [2.05, 4.69) is 20.9 Å². The first kappa shape index (κ1) is 22.6. The van der Waals surface area contributed by atoms with Crippen molar-refractivity contribution in [3.05, 3.63) is 46.7 Å². The van der Waals surface area contributed by atoms with Crippen molar-refractivity contribution in [3.8, 4) is 0 Å². The molecule has 9 nitrogen and oxygen atoms in total. The summed E-state index contributed by atoms with van der Waals surface area (Å²) in [4.78, 5) is 44.7. The predicted molar refractivity (Wildman–Crippen MR) is 120 cm³/mol. The van der Waals surface area contributed by atoms with Crippen molar-refractivity contribution < 1.29 is 18.8 Å². The number of thioether (sulfide) groups is 1. The van der Waals surface area contributed by atoms with Gasteiger partial charge in [0.25, 0.3) is 0 Å². The van der Waals surface area contributed by atoms with E-state index in [4.69, 9.17) is 0 Å². The van der Waals surface area contributed by atoms with Crippen molar-refractivity contribution in [2.45, 2.75) is 24.6 Å². The first-order valence-electron chi connectivity index (χ1n) is 9.90. The van der Waals surface area contributed by atoms with Gasteiger partial charge in [-0.1, -0.05) is 12.1 Å². The third-order valence-electron chi connectivity index (χ3n) is 5.42. The quantitative estimate of drug-likeness (QED) is 0.603. The zero-order chi connectivity index (χ0) is 23.0. The van der Waals surface area contributed by atoms with Crippen molar-refractivity contribution >= 4 is 46.1 Å². The average molecular weight is 479 g/mol. The minimum atomic E-state index is -0.612. The number of carbonyl (C=O) groups excluding carboxylic acids is 3. The van der Waals surface area contributed by atoms with Crippen molar-refractivity contribution in [3.63, 3.8) is 0 Å². The van der Waals surface area contributed by atoms with E-state index in [1.165, 1.54) is 47.2 Å². The van der Waals surface area contributed by atoms with E-state index in [0.717, 1.165) is 16.2 Å². The fourth-order valence-corrected chi connectivity index (χ4v) is 5.59. The van der Waals surface area contributed by atoms with Gasteiger partial charge in [0, 0.05) is 19.5 Å². The minimum Gasteiger partial charge on any atom is -0.311 e. The first-order chi connectivity index (χ1) is 15.2. The number of thiazole rings is 1. The second kappa shape index (κ2) is 9.14. The van der Waals surface area contributed by atoms with E-state index < -0.39 is 29.7 Å². The summed E-state index contributed by atoms with van der Waals surface area (Å²) >= 11 is 2.63. The van der Waals surface area contributed by atoms with E-state index in [1.807, 2.05) is 12.3 Å². The van der Waals surface area contributed by atoms with Crippen LogP contribution in [0.2, 0.25) is 0 Å². The zero-order valence-electron chi connectivity index (χ0n) is 17.7. The van der Waals surface area contributed by atoms with Gasteiger partial charge in [0.2, 0.25) is 11.8 Å². The Labute approximate surface area is 192 Å². The number of anilines is 1. The molecule has 0 radical (unpaired) electrons. The van der Waals surface area contributed by atoms with E-state index in [1.54, 1.807) is 19.2 Å². The van der Waals surface area contributed by atoms with Crippen molar-refractivity contribution in [1.29, 1.82) is 0 Å². The number of carbonyl (C=O) groups is 3. The van der Waals surface area contributed by atoms with Crippen LogP contribution in [-0.4, -0.2) is 64.0 Å². The molecule has 32 heavy (non-hydrogen) atoms. The Balaban J connectivity index is 1.53. The predicted octanol–water partition coefficient (Wildman–Crippen LogP) is 1.95. The number of hydrogen-bond donors (Lipinski definition) is 3. The fraction of sp³-hybridized carbons (Fsp3) is 0.400. The van der Waals surface area contributed by atoms with Crippen molar-refractivity contribution in [1.82, 2.24) is 25.4 Å². The maximum atomic E-state index is 13.4. The van der Waals surface area contributed by atoms with Crippen LogP contribution in [0, 0.1) is 18.7 Å². The summed E-state index contributed by atoms with van der Waals surface area (Å²) in [5.41, 5.74) is 1.58. The highest BCUT2D eigenvalue weighted by Crippen LogP contribution is 2.34.